The summed E-state index contributed by atoms with van der Waals surface area (Å²) in [5.41, 5.74) is 5.59. The minimum Gasteiger partial charge on any atom is -0.465 e. The van der Waals surface area contributed by atoms with Crippen molar-refractivity contribution >= 4 is 5.97 Å². The van der Waals surface area contributed by atoms with Crippen molar-refractivity contribution in [1.29, 1.82) is 0 Å². The van der Waals surface area contributed by atoms with E-state index in [-0.39, 0.29) is 5.97 Å². The Balaban J connectivity index is 2.10. The quantitative estimate of drug-likeness (QED) is 0.643. The van der Waals surface area contributed by atoms with Gasteiger partial charge in [-0.15, -0.1) is 0 Å². The van der Waals surface area contributed by atoms with Gasteiger partial charge in [0, 0.05) is 6.42 Å². The van der Waals surface area contributed by atoms with Gasteiger partial charge in [0.15, 0.2) is 0 Å². The van der Waals surface area contributed by atoms with Crippen molar-refractivity contribution in [2.45, 2.75) is 64.7 Å². The molecule has 0 aromatic carbocycles. The van der Waals surface area contributed by atoms with Crippen molar-refractivity contribution in [2.75, 3.05) is 13.2 Å². The lowest BCUT2D eigenvalue weighted by Crippen LogP contribution is -2.14. The summed E-state index contributed by atoms with van der Waals surface area (Å²) in [4.78, 5) is 11.7. The molecule has 0 amide bonds. The van der Waals surface area contributed by atoms with Gasteiger partial charge in [0.05, 0.1) is 6.61 Å². The molecule has 0 aliphatic heterocycles. The largest absolute Gasteiger partial charge is 0.465 e. The molecule has 0 spiro atoms. The number of rotatable bonds is 9. The topological polar surface area (TPSA) is 52.3 Å². The summed E-state index contributed by atoms with van der Waals surface area (Å²) in [6, 6.07) is 0. The van der Waals surface area contributed by atoms with Crippen LogP contribution in [0, 0.1) is 11.8 Å². The van der Waals surface area contributed by atoms with Gasteiger partial charge >= 0.3 is 5.97 Å². The predicted octanol–water partition coefficient (Wildman–Crippen LogP) is 3.27. The van der Waals surface area contributed by atoms with Crippen LogP contribution in [0.4, 0.5) is 0 Å². The summed E-state index contributed by atoms with van der Waals surface area (Å²) < 4.78 is 5.36. The highest BCUT2D eigenvalue weighted by Crippen LogP contribution is 2.25. The lowest BCUT2D eigenvalue weighted by atomic mass is 9.94. The van der Waals surface area contributed by atoms with Gasteiger partial charge in [0.25, 0.3) is 0 Å². The number of ether oxygens (including phenoxy) is 1. The van der Waals surface area contributed by atoms with Gasteiger partial charge in [-0.1, -0.05) is 32.6 Å². The molecule has 0 radical (unpaired) electrons. The third-order valence-corrected chi connectivity index (χ3v) is 3.98. The van der Waals surface area contributed by atoms with Crippen LogP contribution in [0.15, 0.2) is 0 Å². The lowest BCUT2D eigenvalue weighted by Gasteiger charge is -2.15. The molecule has 0 aromatic heterocycles. The Morgan fingerprint density at radius 2 is 2.00 bits per heavy atom. The second kappa shape index (κ2) is 9.37. The minimum absolute atomic E-state index is 0.0139. The molecule has 1 aliphatic rings. The Bertz CT molecular complexity index is 219. The molecular formula is C15H29NO2. The van der Waals surface area contributed by atoms with Crippen LogP contribution in [0.2, 0.25) is 0 Å². The minimum atomic E-state index is -0.0139. The summed E-state index contributed by atoms with van der Waals surface area (Å²) in [7, 11) is 0. The molecule has 1 aliphatic carbocycles. The van der Waals surface area contributed by atoms with Crippen LogP contribution in [-0.2, 0) is 9.53 Å². The summed E-state index contributed by atoms with van der Waals surface area (Å²) in [6.45, 7) is 3.55. The molecule has 1 fully saturated rings. The van der Waals surface area contributed by atoms with Crippen molar-refractivity contribution in [1.82, 2.24) is 0 Å². The van der Waals surface area contributed by atoms with E-state index in [1.807, 2.05) is 0 Å². The van der Waals surface area contributed by atoms with Gasteiger partial charge in [0.1, 0.15) is 0 Å². The van der Waals surface area contributed by atoms with Crippen LogP contribution in [-0.4, -0.2) is 19.1 Å². The van der Waals surface area contributed by atoms with Gasteiger partial charge < -0.3 is 10.5 Å². The van der Waals surface area contributed by atoms with Crippen LogP contribution >= 0.6 is 0 Å². The molecule has 3 heteroatoms. The van der Waals surface area contributed by atoms with Crippen molar-refractivity contribution in [3.63, 3.8) is 0 Å². The van der Waals surface area contributed by atoms with Gasteiger partial charge in [0.2, 0.25) is 0 Å². The molecule has 3 nitrogen and oxygen atoms in total. The lowest BCUT2D eigenvalue weighted by molar-refractivity contribution is -0.145. The van der Waals surface area contributed by atoms with Gasteiger partial charge in [-0.3, -0.25) is 4.79 Å². The molecular weight excluding hydrogens is 226 g/mol. The number of esters is 1. The van der Waals surface area contributed by atoms with Crippen LogP contribution in [0.3, 0.4) is 0 Å². The Kier molecular flexibility index (Phi) is 8.06. The maximum atomic E-state index is 11.7. The molecule has 106 valence electrons. The maximum absolute atomic E-state index is 11.7. The molecule has 1 saturated carbocycles. The maximum Gasteiger partial charge on any atom is 0.305 e. The SMILES string of the molecule is CCCC(CCN)CCC(=O)OCC1CCCC1. The first-order chi connectivity index (χ1) is 8.76. The summed E-state index contributed by atoms with van der Waals surface area (Å²) >= 11 is 0. The van der Waals surface area contributed by atoms with Crippen molar-refractivity contribution < 1.29 is 9.53 Å². The average molecular weight is 255 g/mol. The first-order valence-corrected chi connectivity index (χ1v) is 7.62. The van der Waals surface area contributed by atoms with Crippen LogP contribution in [0.1, 0.15) is 64.7 Å². The molecule has 18 heavy (non-hydrogen) atoms. The van der Waals surface area contributed by atoms with E-state index in [0.29, 0.717) is 24.9 Å². The Labute approximate surface area is 111 Å². The number of hydrogen-bond acceptors (Lipinski definition) is 3. The van der Waals surface area contributed by atoms with Crippen LogP contribution < -0.4 is 5.73 Å². The number of nitrogens with two attached hydrogens (primary N) is 1. The van der Waals surface area contributed by atoms with Crippen molar-refractivity contribution in [2.24, 2.45) is 17.6 Å². The van der Waals surface area contributed by atoms with E-state index in [0.717, 1.165) is 19.4 Å². The average Bonchev–Trinajstić information content (AvgIpc) is 2.87. The summed E-state index contributed by atoms with van der Waals surface area (Å²) in [6.07, 6.45) is 9.96. The van der Waals surface area contributed by atoms with E-state index in [1.165, 1.54) is 38.5 Å². The third kappa shape index (κ3) is 6.39. The highest BCUT2D eigenvalue weighted by Gasteiger charge is 2.17. The molecule has 1 atom stereocenters. The van der Waals surface area contributed by atoms with Crippen molar-refractivity contribution in [3.05, 3.63) is 0 Å². The fourth-order valence-electron chi connectivity index (χ4n) is 2.86. The van der Waals surface area contributed by atoms with E-state index < -0.39 is 0 Å². The highest BCUT2D eigenvalue weighted by atomic mass is 16.5. The first kappa shape index (κ1) is 15.5. The van der Waals surface area contributed by atoms with E-state index in [9.17, 15) is 4.79 Å². The zero-order valence-electron chi connectivity index (χ0n) is 11.8. The van der Waals surface area contributed by atoms with E-state index in [1.54, 1.807) is 0 Å². The monoisotopic (exact) mass is 255 g/mol. The second-order valence-electron chi connectivity index (χ2n) is 5.60. The Hall–Kier alpha value is -0.570. The van der Waals surface area contributed by atoms with Gasteiger partial charge in [-0.2, -0.15) is 0 Å². The van der Waals surface area contributed by atoms with Gasteiger partial charge in [-0.25, -0.2) is 0 Å². The molecule has 1 rings (SSSR count). The zero-order valence-corrected chi connectivity index (χ0v) is 11.8. The van der Waals surface area contributed by atoms with E-state index in [2.05, 4.69) is 6.92 Å². The smallest absolute Gasteiger partial charge is 0.305 e. The molecule has 0 aromatic rings. The Morgan fingerprint density at radius 1 is 1.28 bits per heavy atom. The number of carbonyl (C=O) groups is 1. The third-order valence-electron chi connectivity index (χ3n) is 3.98. The van der Waals surface area contributed by atoms with Gasteiger partial charge in [-0.05, 0) is 44.1 Å². The van der Waals surface area contributed by atoms with Crippen molar-refractivity contribution in [3.8, 4) is 0 Å². The summed E-state index contributed by atoms with van der Waals surface area (Å²) in [5, 5.41) is 0. The Morgan fingerprint density at radius 3 is 2.61 bits per heavy atom. The van der Waals surface area contributed by atoms with Crippen LogP contribution in [0.25, 0.3) is 0 Å². The molecule has 2 N–H and O–H groups in total. The second-order valence-corrected chi connectivity index (χ2v) is 5.60. The predicted molar refractivity (Wildman–Crippen MR) is 74.2 cm³/mol. The molecule has 0 bridgehead atoms. The van der Waals surface area contributed by atoms with E-state index >= 15 is 0 Å². The fraction of sp³-hybridized carbons (Fsp3) is 0.933. The molecule has 0 heterocycles. The molecule has 1 unspecified atom stereocenters. The first-order valence-electron chi connectivity index (χ1n) is 7.62. The van der Waals surface area contributed by atoms with Crippen LogP contribution in [0.5, 0.6) is 0 Å². The number of carbonyl (C=O) groups excluding carboxylic acids is 1. The normalized spacial score (nSPS) is 17.9. The fourth-order valence-corrected chi connectivity index (χ4v) is 2.86. The molecule has 0 saturated heterocycles. The van der Waals surface area contributed by atoms with E-state index in [4.69, 9.17) is 10.5 Å². The standard InChI is InChI=1S/C15H29NO2/c1-2-5-13(10-11-16)8-9-15(17)18-12-14-6-3-4-7-14/h13-14H,2-12,16H2,1H3. The number of hydrogen-bond donors (Lipinski definition) is 1. The zero-order chi connectivity index (χ0) is 13.2. The highest BCUT2D eigenvalue weighted by molar-refractivity contribution is 5.69. The summed E-state index contributed by atoms with van der Waals surface area (Å²) in [5.74, 6) is 1.21.